The summed E-state index contributed by atoms with van der Waals surface area (Å²) in [5, 5.41) is 30.1. The van der Waals surface area contributed by atoms with Gasteiger partial charge in [-0.25, -0.2) is 8.78 Å². The number of fused-ring (bicyclic) bond motifs is 1. The fourth-order valence-electron chi connectivity index (χ4n) is 5.10. The number of rotatable bonds is 5. The zero-order chi connectivity index (χ0) is 25.2. The van der Waals surface area contributed by atoms with Gasteiger partial charge in [-0.1, -0.05) is 12.1 Å². The SMILES string of the molecule is COc1ccc([C@@H]2[C@@H]3CCCC=C3C(C#N)=C(N)C2(C#N)C#N)cc1COc1ccc(F)cc1F. The third-order valence-corrected chi connectivity index (χ3v) is 6.74. The van der Waals surface area contributed by atoms with Gasteiger partial charge < -0.3 is 15.2 Å². The standard InChI is InChI=1S/C27H22F2N4O2/c1-34-23-8-6-16(10-17(23)13-35-24-9-7-18(28)11-22(24)29)25-20-5-3-2-4-19(20)21(12-30)26(33)27(25,14-31)15-32/h4,6-11,20,25H,2-3,5,13,33H2,1H3/t20-,25-/m1/s1. The molecular formula is C27H22F2N4O2. The van der Waals surface area contributed by atoms with Crippen molar-refractivity contribution < 1.29 is 18.3 Å². The molecule has 8 heteroatoms. The molecular weight excluding hydrogens is 450 g/mol. The van der Waals surface area contributed by atoms with Gasteiger partial charge in [-0.05, 0) is 60.6 Å². The molecule has 0 spiro atoms. The molecule has 176 valence electrons. The lowest BCUT2D eigenvalue weighted by Crippen LogP contribution is -2.42. The lowest BCUT2D eigenvalue weighted by atomic mass is 9.56. The fraction of sp³-hybridized carbons (Fsp3) is 0.296. The molecule has 0 amide bonds. The second-order valence-corrected chi connectivity index (χ2v) is 8.54. The molecule has 0 aliphatic heterocycles. The van der Waals surface area contributed by atoms with Crippen molar-refractivity contribution in [3.63, 3.8) is 0 Å². The summed E-state index contributed by atoms with van der Waals surface area (Å²) in [5.74, 6) is -2.08. The van der Waals surface area contributed by atoms with Crippen molar-refractivity contribution >= 4 is 0 Å². The Labute approximate surface area is 202 Å². The van der Waals surface area contributed by atoms with Crippen molar-refractivity contribution in [2.75, 3.05) is 7.11 Å². The van der Waals surface area contributed by atoms with E-state index in [4.69, 9.17) is 15.2 Å². The molecule has 4 rings (SSSR count). The summed E-state index contributed by atoms with van der Waals surface area (Å²) >= 11 is 0. The average Bonchev–Trinajstić information content (AvgIpc) is 2.87. The highest BCUT2D eigenvalue weighted by Crippen LogP contribution is 2.56. The smallest absolute Gasteiger partial charge is 0.191 e. The Morgan fingerprint density at radius 2 is 1.83 bits per heavy atom. The first-order valence-electron chi connectivity index (χ1n) is 11.1. The van der Waals surface area contributed by atoms with Crippen molar-refractivity contribution in [1.29, 1.82) is 15.8 Å². The van der Waals surface area contributed by atoms with E-state index in [1.807, 2.05) is 6.08 Å². The van der Waals surface area contributed by atoms with Gasteiger partial charge in [-0.2, -0.15) is 15.8 Å². The van der Waals surface area contributed by atoms with Gasteiger partial charge in [-0.3, -0.25) is 0 Å². The molecule has 0 saturated heterocycles. The summed E-state index contributed by atoms with van der Waals surface area (Å²) in [6, 6.07) is 14.6. The highest BCUT2D eigenvalue weighted by Gasteiger charge is 2.53. The van der Waals surface area contributed by atoms with Crippen LogP contribution in [0, 0.1) is 57.0 Å². The van der Waals surface area contributed by atoms with Crippen LogP contribution in [0.5, 0.6) is 11.5 Å². The number of halogens is 2. The van der Waals surface area contributed by atoms with Crippen LogP contribution in [-0.2, 0) is 6.61 Å². The molecule has 35 heavy (non-hydrogen) atoms. The molecule has 2 atom stereocenters. The fourth-order valence-corrected chi connectivity index (χ4v) is 5.10. The van der Waals surface area contributed by atoms with Crippen LogP contribution in [0.25, 0.3) is 0 Å². The van der Waals surface area contributed by atoms with Crippen molar-refractivity contribution in [3.05, 3.63) is 82.1 Å². The van der Waals surface area contributed by atoms with Crippen LogP contribution in [0.3, 0.4) is 0 Å². The zero-order valence-electron chi connectivity index (χ0n) is 19.0. The Kier molecular flexibility index (Phi) is 6.45. The Balaban J connectivity index is 1.81. The van der Waals surface area contributed by atoms with Crippen molar-refractivity contribution in [2.24, 2.45) is 17.1 Å². The molecule has 2 aliphatic carbocycles. The molecule has 2 aliphatic rings. The van der Waals surface area contributed by atoms with Gasteiger partial charge in [0.15, 0.2) is 17.0 Å². The largest absolute Gasteiger partial charge is 0.496 e. The Bertz CT molecular complexity index is 1350. The summed E-state index contributed by atoms with van der Waals surface area (Å²) in [4.78, 5) is 0. The summed E-state index contributed by atoms with van der Waals surface area (Å²) in [5.41, 5.74) is 6.74. The maximum atomic E-state index is 14.1. The molecule has 2 N–H and O–H groups in total. The highest BCUT2D eigenvalue weighted by molar-refractivity contribution is 5.59. The minimum atomic E-state index is -1.74. The molecule has 2 aromatic carbocycles. The normalized spacial score (nSPS) is 20.5. The number of nitrogens with zero attached hydrogens (tertiary/aromatic N) is 3. The van der Waals surface area contributed by atoms with Gasteiger partial charge in [0.05, 0.1) is 30.5 Å². The molecule has 0 heterocycles. The molecule has 2 aromatic rings. The van der Waals surface area contributed by atoms with E-state index >= 15 is 0 Å². The van der Waals surface area contributed by atoms with Gasteiger partial charge in [0.2, 0.25) is 0 Å². The number of nitrogens with two attached hydrogens (primary N) is 1. The zero-order valence-corrected chi connectivity index (χ0v) is 19.0. The topological polar surface area (TPSA) is 116 Å². The predicted molar refractivity (Wildman–Crippen MR) is 122 cm³/mol. The van der Waals surface area contributed by atoms with Gasteiger partial charge in [-0.15, -0.1) is 0 Å². The van der Waals surface area contributed by atoms with E-state index in [2.05, 4.69) is 18.2 Å². The van der Waals surface area contributed by atoms with E-state index in [-0.39, 0.29) is 29.5 Å². The van der Waals surface area contributed by atoms with Crippen LogP contribution in [0.2, 0.25) is 0 Å². The Hall–Kier alpha value is -4.35. The molecule has 0 bridgehead atoms. The van der Waals surface area contributed by atoms with E-state index < -0.39 is 23.0 Å². The van der Waals surface area contributed by atoms with E-state index in [1.54, 1.807) is 18.2 Å². The second kappa shape index (κ2) is 9.49. The number of allylic oxidation sites excluding steroid dienone is 4. The van der Waals surface area contributed by atoms with Gasteiger partial charge in [0.1, 0.15) is 24.2 Å². The molecule has 0 fully saturated rings. The number of hydrogen-bond donors (Lipinski definition) is 1. The maximum Gasteiger partial charge on any atom is 0.191 e. The number of methoxy groups -OCH3 is 1. The monoisotopic (exact) mass is 472 g/mol. The van der Waals surface area contributed by atoms with Crippen LogP contribution in [0.15, 0.2) is 59.3 Å². The Morgan fingerprint density at radius 3 is 2.49 bits per heavy atom. The highest BCUT2D eigenvalue weighted by atomic mass is 19.1. The van der Waals surface area contributed by atoms with Crippen molar-refractivity contribution in [3.8, 4) is 29.7 Å². The quantitative estimate of drug-likeness (QED) is 0.644. The first-order valence-corrected chi connectivity index (χ1v) is 11.1. The number of ether oxygens (including phenoxy) is 2. The summed E-state index contributed by atoms with van der Waals surface area (Å²) in [6.07, 6.45) is 4.30. The number of hydrogen-bond acceptors (Lipinski definition) is 6. The molecule has 0 radical (unpaired) electrons. The Morgan fingerprint density at radius 1 is 1.09 bits per heavy atom. The summed E-state index contributed by atoms with van der Waals surface area (Å²) in [6.45, 7) is -0.0967. The summed E-state index contributed by atoms with van der Waals surface area (Å²) in [7, 11) is 1.48. The van der Waals surface area contributed by atoms with Gasteiger partial charge in [0.25, 0.3) is 0 Å². The van der Waals surface area contributed by atoms with Crippen molar-refractivity contribution in [2.45, 2.75) is 31.8 Å². The van der Waals surface area contributed by atoms with E-state index in [0.717, 1.165) is 30.5 Å². The van der Waals surface area contributed by atoms with E-state index in [0.29, 0.717) is 23.3 Å². The molecule has 0 unspecified atom stereocenters. The summed E-state index contributed by atoms with van der Waals surface area (Å²) < 4.78 is 38.3. The first kappa shape index (κ1) is 23.8. The van der Waals surface area contributed by atoms with Gasteiger partial charge >= 0.3 is 0 Å². The molecule has 0 aromatic heterocycles. The van der Waals surface area contributed by atoms with Crippen LogP contribution in [0.1, 0.15) is 36.3 Å². The van der Waals surface area contributed by atoms with E-state index in [1.165, 1.54) is 13.2 Å². The van der Waals surface area contributed by atoms with Crippen LogP contribution < -0.4 is 15.2 Å². The minimum absolute atomic E-state index is 0.0404. The lowest BCUT2D eigenvalue weighted by molar-refractivity contribution is 0.280. The first-order chi connectivity index (χ1) is 16.9. The average molecular weight is 472 g/mol. The van der Waals surface area contributed by atoms with Crippen molar-refractivity contribution in [1.82, 2.24) is 0 Å². The maximum absolute atomic E-state index is 14.1. The number of nitriles is 3. The van der Waals surface area contributed by atoms with E-state index in [9.17, 15) is 24.6 Å². The van der Waals surface area contributed by atoms with Crippen LogP contribution in [0.4, 0.5) is 8.78 Å². The number of benzene rings is 2. The second-order valence-electron chi connectivity index (χ2n) is 8.54. The molecule has 6 nitrogen and oxygen atoms in total. The minimum Gasteiger partial charge on any atom is -0.496 e. The third-order valence-electron chi connectivity index (χ3n) is 6.74. The molecule has 0 saturated carbocycles. The van der Waals surface area contributed by atoms with Crippen LogP contribution >= 0.6 is 0 Å². The lowest BCUT2D eigenvalue weighted by Gasteiger charge is -2.43. The predicted octanol–water partition coefficient (Wildman–Crippen LogP) is 5.15. The van der Waals surface area contributed by atoms with Gasteiger partial charge in [0, 0.05) is 17.5 Å². The van der Waals surface area contributed by atoms with Crippen LogP contribution in [-0.4, -0.2) is 7.11 Å². The third kappa shape index (κ3) is 3.96.